The standard InChI is InChI=1S/C16H16N2O4/c1-10(19)11-5-6-14(22-2)12(8-11)9-15(21)18-16-13(20)4-3-7-17-16/h3-8,20H,9H2,1-2H3,(H,17,18,21). The first-order valence-electron chi connectivity index (χ1n) is 6.63. The van der Waals surface area contributed by atoms with Crippen LogP contribution >= 0.6 is 0 Å². The number of amides is 1. The molecule has 0 aliphatic heterocycles. The predicted molar refractivity (Wildman–Crippen MR) is 81.2 cm³/mol. The largest absolute Gasteiger partial charge is 0.504 e. The number of Topliss-reactive ketones (excluding diaryl/α,β-unsaturated/α-hetero) is 1. The molecule has 1 aromatic carbocycles. The molecule has 2 aromatic rings. The Morgan fingerprint density at radius 2 is 2.09 bits per heavy atom. The van der Waals surface area contributed by atoms with E-state index in [4.69, 9.17) is 4.74 Å². The highest BCUT2D eigenvalue weighted by Gasteiger charge is 2.13. The number of pyridine rings is 1. The monoisotopic (exact) mass is 300 g/mol. The van der Waals surface area contributed by atoms with Crippen molar-refractivity contribution in [3.05, 3.63) is 47.7 Å². The van der Waals surface area contributed by atoms with Crippen molar-refractivity contribution in [2.24, 2.45) is 0 Å². The van der Waals surface area contributed by atoms with Gasteiger partial charge in [-0.15, -0.1) is 0 Å². The SMILES string of the molecule is COc1ccc(C(C)=O)cc1CC(=O)Nc1ncccc1O. The minimum atomic E-state index is -0.368. The zero-order valence-corrected chi connectivity index (χ0v) is 12.3. The van der Waals surface area contributed by atoms with E-state index < -0.39 is 0 Å². The Balaban J connectivity index is 2.19. The lowest BCUT2D eigenvalue weighted by Gasteiger charge is -2.10. The molecule has 0 fully saturated rings. The number of methoxy groups -OCH3 is 1. The molecule has 0 saturated carbocycles. The molecule has 0 aliphatic carbocycles. The summed E-state index contributed by atoms with van der Waals surface area (Å²) in [5.41, 5.74) is 1.09. The minimum absolute atomic E-state index is 0.000305. The van der Waals surface area contributed by atoms with Crippen LogP contribution in [0.1, 0.15) is 22.8 Å². The van der Waals surface area contributed by atoms with Gasteiger partial charge in [0, 0.05) is 17.3 Å². The first-order valence-corrected chi connectivity index (χ1v) is 6.63. The van der Waals surface area contributed by atoms with Gasteiger partial charge >= 0.3 is 0 Å². The second kappa shape index (κ2) is 6.71. The van der Waals surface area contributed by atoms with Crippen LogP contribution in [0, 0.1) is 0 Å². The van der Waals surface area contributed by atoms with Crippen LogP contribution < -0.4 is 10.1 Å². The summed E-state index contributed by atoms with van der Waals surface area (Å²) >= 11 is 0. The molecule has 0 spiro atoms. The van der Waals surface area contributed by atoms with Gasteiger partial charge in [-0.05, 0) is 37.3 Å². The van der Waals surface area contributed by atoms with Gasteiger partial charge in [-0.1, -0.05) is 0 Å². The average Bonchev–Trinajstić information content (AvgIpc) is 2.49. The molecule has 1 heterocycles. The maximum Gasteiger partial charge on any atom is 0.230 e. The fourth-order valence-corrected chi connectivity index (χ4v) is 1.98. The number of ketones is 1. The van der Waals surface area contributed by atoms with Crippen molar-refractivity contribution >= 4 is 17.5 Å². The number of hydrogen-bond donors (Lipinski definition) is 2. The number of carbonyl (C=O) groups excluding carboxylic acids is 2. The Hall–Kier alpha value is -2.89. The quantitative estimate of drug-likeness (QED) is 0.826. The Kier molecular flexibility index (Phi) is 4.73. The summed E-state index contributed by atoms with van der Waals surface area (Å²) < 4.78 is 5.20. The van der Waals surface area contributed by atoms with Crippen LogP contribution in [0.2, 0.25) is 0 Å². The molecular weight excluding hydrogens is 284 g/mol. The third-order valence-electron chi connectivity index (χ3n) is 3.08. The number of rotatable bonds is 5. The van der Waals surface area contributed by atoms with Crippen LogP contribution in [0.4, 0.5) is 5.82 Å². The van der Waals surface area contributed by atoms with Crippen molar-refractivity contribution in [2.75, 3.05) is 12.4 Å². The maximum absolute atomic E-state index is 12.1. The Morgan fingerprint density at radius 1 is 1.32 bits per heavy atom. The van der Waals surface area contributed by atoms with E-state index in [2.05, 4.69) is 10.3 Å². The highest BCUT2D eigenvalue weighted by molar-refractivity contribution is 5.96. The van der Waals surface area contributed by atoms with Gasteiger partial charge in [0.25, 0.3) is 0 Å². The minimum Gasteiger partial charge on any atom is -0.504 e. The van der Waals surface area contributed by atoms with Crippen LogP contribution in [0.3, 0.4) is 0 Å². The van der Waals surface area contributed by atoms with E-state index in [1.54, 1.807) is 24.3 Å². The molecule has 1 amide bonds. The third-order valence-corrected chi connectivity index (χ3v) is 3.08. The number of benzene rings is 1. The van der Waals surface area contributed by atoms with Crippen molar-refractivity contribution in [3.8, 4) is 11.5 Å². The Morgan fingerprint density at radius 3 is 2.73 bits per heavy atom. The van der Waals surface area contributed by atoms with Crippen molar-refractivity contribution < 1.29 is 19.4 Å². The fourth-order valence-electron chi connectivity index (χ4n) is 1.98. The number of carbonyl (C=O) groups is 2. The summed E-state index contributed by atoms with van der Waals surface area (Å²) in [6.45, 7) is 1.46. The van der Waals surface area contributed by atoms with Gasteiger partial charge in [-0.25, -0.2) is 4.98 Å². The summed E-state index contributed by atoms with van der Waals surface area (Å²) in [5.74, 6) is 0.0413. The van der Waals surface area contributed by atoms with Crippen LogP contribution in [0.15, 0.2) is 36.5 Å². The van der Waals surface area contributed by atoms with Crippen LogP contribution in [-0.2, 0) is 11.2 Å². The summed E-state index contributed by atoms with van der Waals surface area (Å²) in [5, 5.41) is 12.1. The van der Waals surface area contributed by atoms with Crippen LogP contribution in [0.25, 0.3) is 0 Å². The van der Waals surface area contributed by atoms with E-state index in [0.29, 0.717) is 16.9 Å². The number of aromatic hydroxyl groups is 1. The van der Waals surface area contributed by atoms with Crippen molar-refractivity contribution in [1.29, 1.82) is 0 Å². The van der Waals surface area contributed by atoms with Crippen molar-refractivity contribution in [3.63, 3.8) is 0 Å². The Labute approximate surface area is 127 Å². The molecule has 0 bridgehead atoms. The van der Waals surface area contributed by atoms with E-state index in [1.165, 1.54) is 26.3 Å². The maximum atomic E-state index is 12.1. The van der Waals surface area contributed by atoms with Crippen molar-refractivity contribution in [2.45, 2.75) is 13.3 Å². The van der Waals surface area contributed by atoms with E-state index >= 15 is 0 Å². The molecule has 114 valence electrons. The van der Waals surface area contributed by atoms with Gasteiger partial charge in [0.05, 0.1) is 13.5 Å². The number of anilines is 1. The zero-order chi connectivity index (χ0) is 16.1. The molecule has 6 heteroatoms. The van der Waals surface area contributed by atoms with Gasteiger partial charge in [-0.2, -0.15) is 0 Å². The normalized spacial score (nSPS) is 10.1. The van der Waals surface area contributed by atoms with E-state index in [0.717, 1.165) is 0 Å². The van der Waals surface area contributed by atoms with Gasteiger partial charge in [0.1, 0.15) is 5.75 Å². The lowest BCUT2D eigenvalue weighted by atomic mass is 10.0. The van der Waals surface area contributed by atoms with Gasteiger partial charge in [0.2, 0.25) is 5.91 Å². The second-order valence-corrected chi connectivity index (χ2v) is 4.68. The third kappa shape index (κ3) is 3.60. The first kappa shape index (κ1) is 15.5. The summed E-state index contributed by atoms with van der Waals surface area (Å²) in [4.78, 5) is 27.4. The highest BCUT2D eigenvalue weighted by atomic mass is 16.5. The average molecular weight is 300 g/mol. The Bertz CT molecular complexity index is 713. The number of aromatic nitrogens is 1. The summed E-state index contributed by atoms with van der Waals surface area (Å²) in [6, 6.07) is 7.91. The molecule has 1 aromatic heterocycles. The molecule has 0 unspecified atom stereocenters. The smallest absolute Gasteiger partial charge is 0.230 e. The zero-order valence-electron chi connectivity index (χ0n) is 12.3. The van der Waals surface area contributed by atoms with Gasteiger partial charge in [-0.3, -0.25) is 9.59 Å². The summed E-state index contributed by atoms with van der Waals surface area (Å²) in [7, 11) is 1.49. The lowest BCUT2D eigenvalue weighted by Crippen LogP contribution is -2.16. The van der Waals surface area contributed by atoms with E-state index in [1.807, 2.05) is 0 Å². The fraction of sp³-hybridized carbons (Fsp3) is 0.188. The van der Waals surface area contributed by atoms with Gasteiger partial charge in [0.15, 0.2) is 17.4 Å². The number of nitrogens with zero attached hydrogens (tertiary/aromatic N) is 1. The number of hydrogen-bond acceptors (Lipinski definition) is 5. The van der Waals surface area contributed by atoms with Gasteiger partial charge < -0.3 is 15.2 Å². The second-order valence-electron chi connectivity index (χ2n) is 4.68. The molecular formula is C16H16N2O4. The molecule has 2 N–H and O–H groups in total. The van der Waals surface area contributed by atoms with E-state index in [-0.39, 0.29) is 29.7 Å². The lowest BCUT2D eigenvalue weighted by molar-refractivity contribution is -0.115. The topological polar surface area (TPSA) is 88.5 Å². The molecule has 22 heavy (non-hydrogen) atoms. The molecule has 2 rings (SSSR count). The number of nitrogens with one attached hydrogen (secondary N) is 1. The molecule has 0 atom stereocenters. The van der Waals surface area contributed by atoms with Crippen LogP contribution in [0.5, 0.6) is 11.5 Å². The predicted octanol–water partition coefficient (Wildman–Crippen LogP) is 2.18. The highest BCUT2D eigenvalue weighted by Crippen LogP contribution is 2.22. The van der Waals surface area contributed by atoms with E-state index in [9.17, 15) is 14.7 Å². The molecule has 0 aliphatic rings. The van der Waals surface area contributed by atoms with Crippen molar-refractivity contribution in [1.82, 2.24) is 4.98 Å². The molecule has 0 saturated heterocycles. The first-order chi connectivity index (χ1) is 10.5. The molecule has 6 nitrogen and oxygen atoms in total. The molecule has 0 radical (unpaired) electrons. The summed E-state index contributed by atoms with van der Waals surface area (Å²) in [6.07, 6.45) is 1.46. The number of ether oxygens (including phenoxy) is 1. The van der Waals surface area contributed by atoms with Crippen LogP contribution in [-0.4, -0.2) is 28.9 Å².